The second-order valence-corrected chi connectivity index (χ2v) is 7.68. The Hall–Kier alpha value is -3.65. The van der Waals surface area contributed by atoms with Crippen molar-refractivity contribution in [3.8, 4) is 11.5 Å². The molecule has 6 nitrogen and oxygen atoms in total. The number of benzene rings is 3. The zero-order chi connectivity index (χ0) is 23.8. The van der Waals surface area contributed by atoms with E-state index in [1.165, 1.54) is 12.1 Å². The summed E-state index contributed by atoms with van der Waals surface area (Å²) in [6.07, 6.45) is 1.32. The third-order valence-electron chi connectivity index (χ3n) is 4.49. The number of halogens is 2. The van der Waals surface area contributed by atoms with Crippen molar-refractivity contribution >= 4 is 33.9 Å². The van der Waals surface area contributed by atoms with Crippen LogP contribution in [0.1, 0.15) is 28.4 Å². The van der Waals surface area contributed by atoms with Gasteiger partial charge in [0.25, 0.3) is 5.91 Å². The van der Waals surface area contributed by atoms with Gasteiger partial charge in [0.05, 0.1) is 11.1 Å². The molecule has 0 aliphatic carbocycles. The zero-order valence-electron chi connectivity index (χ0n) is 17.7. The maximum absolute atomic E-state index is 13.9. The number of hydrogen-bond acceptors (Lipinski definition) is 4. The predicted octanol–water partition coefficient (Wildman–Crippen LogP) is 5.42. The van der Waals surface area contributed by atoms with Crippen LogP contribution in [-0.2, 0) is 11.4 Å². The molecule has 0 saturated carbocycles. The Bertz CT molecular complexity index is 1180. The third-order valence-corrected chi connectivity index (χ3v) is 5.08. The molecular formula is C25H21BrFNO5. The van der Waals surface area contributed by atoms with Crippen LogP contribution in [0.3, 0.4) is 0 Å². The van der Waals surface area contributed by atoms with Crippen molar-refractivity contribution in [1.82, 2.24) is 5.32 Å². The van der Waals surface area contributed by atoms with Crippen LogP contribution in [0, 0.1) is 5.82 Å². The first-order valence-corrected chi connectivity index (χ1v) is 10.8. The molecule has 2 N–H and O–H groups in total. The van der Waals surface area contributed by atoms with Crippen LogP contribution in [0.15, 0.2) is 76.9 Å². The van der Waals surface area contributed by atoms with Gasteiger partial charge in [-0.15, -0.1) is 0 Å². The highest BCUT2D eigenvalue weighted by Crippen LogP contribution is 2.38. The Kier molecular flexibility index (Phi) is 8.21. The molecule has 3 aromatic carbocycles. The van der Waals surface area contributed by atoms with Gasteiger partial charge >= 0.3 is 5.97 Å². The summed E-state index contributed by atoms with van der Waals surface area (Å²) in [7, 11) is 0. The van der Waals surface area contributed by atoms with Crippen LogP contribution in [0.4, 0.5) is 4.39 Å². The number of hydrogen-bond donors (Lipinski definition) is 2. The molecule has 0 spiro atoms. The number of carbonyl (C=O) groups excluding carboxylic acids is 1. The summed E-state index contributed by atoms with van der Waals surface area (Å²) in [6, 6.07) is 17.8. The number of nitrogens with one attached hydrogen (secondary N) is 1. The molecule has 170 valence electrons. The number of carbonyl (C=O) groups is 2. The van der Waals surface area contributed by atoms with E-state index in [0.29, 0.717) is 39.3 Å². The van der Waals surface area contributed by atoms with Crippen molar-refractivity contribution < 1.29 is 28.6 Å². The molecule has 0 aliphatic heterocycles. The van der Waals surface area contributed by atoms with Crippen LogP contribution in [-0.4, -0.2) is 23.6 Å². The summed E-state index contributed by atoms with van der Waals surface area (Å²) in [5.41, 5.74) is 0.859. The number of rotatable bonds is 9. The average Bonchev–Trinajstić information content (AvgIpc) is 2.80. The smallest absolute Gasteiger partial charge is 0.352 e. The summed E-state index contributed by atoms with van der Waals surface area (Å²) in [5, 5.41) is 12.0. The fourth-order valence-corrected chi connectivity index (χ4v) is 3.52. The molecule has 0 atom stereocenters. The molecule has 1 amide bonds. The van der Waals surface area contributed by atoms with Gasteiger partial charge in [-0.25, -0.2) is 9.18 Å². The van der Waals surface area contributed by atoms with Gasteiger partial charge in [0, 0.05) is 11.1 Å². The lowest BCUT2D eigenvalue weighted by molar-refractivity contribution is -0.132. The van der Waals surface area contributed by atoms with Crippen LogP contribution >= 0.6 is 15.9 Å². The highest BCUT2D eigenvalue weighted by atomic mass is 79.9. The predicted molar refractivity (Wildman–Crippen MR) is 126 cm³/mol. The number of aliphatic carboxylic acids is 1. The largest absolute Gasteiger partial charge is 0.490 e. The standard InChI is InChI=1S/C25H21BrFNO5/c1-2-32-22-14-16(12-19(26)23(22)33-15-18-10-6-7-11-20(18)27)13-21(25(30)31)28-24(29)17-8-4-3-5-9-17/h3-14H,2,15H2,1H3,(H,28,29)(H,30,31)/b21-13+. The summed E-state index contributed by atoms with van der Waals surface area (Å²) >= 11 is 3.41. The molecule has 3 rings (SSSR count). The SMILES string of the molecule is CCOc1cc(/C=C(/NC(=O)c2ccccc2)C(=O)O)cc(Br)c1OCc1ccccc1F. The van der Waals surface area contributed by atoms with E-state index < -0.39 is 11.9 Å². The Balaban J connectivity index is 1.88. The molecule has 0 aromatic heterocycles. The van der Waals surface area contributed by atoms with Gasteiger partial charge in [0.15, 0.2) is 11.5 Å². The van der Waals surface area contributed by atoms with E-state index in [1.807, 2.05) is 0 Å². The molecule has 8 heteroatoms. The molecule has 0 fully saturated rings. The first-order chi connectivity index (χ1) is 15.9. The number of carboxylic acid groups (broad SMARTS) is 1. The Morgan fingerprint density at radius 1 is 1.06 bits per heavy atom. The number of ether oxygens (including phenoxy) is 2. The fraction of sp³-hybridized carbons (Fsp3) is 0.120. The maximum Gasteiger partial charge on any atom is 0.352 e. The molecule has 33 heavy (non-hydrogen) atoms. The Morgan fingerprint density at radius 2 is 1.76 bits per heavy atom. The lowest BCUT2D eigenvalue weighted by Crippen LogP contribution is -2.27. The number of amides is 1. The van der Waals surface area contributed by atoms with Crippen LogP contribution in [0.2, 0.25) is 0 Å². The summed E-state index contributed by atoms with van der Waals surface area (Å²) < 4.78 is 25.9. The molecule has 0 radical (unpaired) electrons. The van der Waals surface area contributed by atoms with Crippen molar-refractivity contribution in [3.05, 3.63) is 99.4 Å². The van der Waals surface area contributed by atoms with E-state index in [0.717, 1.165) is 0 Å². The summed E-state index contributed by atoms with van der Waals surface area (Å²) in [6.45, 7) is 2.10. The first-order valence-electron chi connectivity index (χ1n) is 10.0. The van der Waals surface area contributed by atoms with E-state index >= 15 is 0 Å². The van der Waals surface area contributed by atoms with Crippen molar-refractivity contribution in [2.75, 3.05) is 6.61 Å². The zero-order valence-corrected chi connectivity index (χ0v) is 19.3. The second kappa shape index (κ2) is 11.3. The lowest BCUT2D eigenvalue weighted by Gasteiger charge is -2.15. The summed E-state index contributed by atoms with van der Waals surface area (Å²) in [5.74, 6) is -1.53. The third kappa shape index (κ3) is 6.43. The van der Waals surface area contributed by atoms with E-state index in [9.17, 15) is 19.1 Å². The molecule has 3 aromatic rings. The molecule has 0 aliphatic rings. The minimum absolute atomic E-state index is 0.0198. The van der Waals surface area contributed by atoms with E-state index in [2.05, 4.69) is 21.2 Å². The fourth-order valence-electron chi connectivity index (χ4n) is 2.94. The van der Waals surface area contributed by atoms with Gasteiger partial charge in [0.2, 0.25) is 0 Å². The monoisotopic (exact) mass is 513 g/mol. The van der Waals surface area contributed by atoms with Gasteiger partial charge in [-0.1, -0.05) is 36.4 Å². The Morgan fingerprint density at radius 3 is 2.42 bits per heavy atom. The van der Waals surface area contributed by atoms with Gasteiger partial charge < -0.3 is 19.9 Å². The number of carboxylic acids is 1. The molecule has 0 heterocycles. The molecule has 0 saturated heterocycles. The molecule has 0 unspecified atom stereocenters. The average molecular weight is 514 g/mol. The quantitative estimate of drug-likeness (QED) is 0.373. The molecule has 0 bridgehead atoms. The van der Waals surface area contributed by atoms with Crippen molar-refractivity contribution in [2.24, 2.45) is 0 Å². The van der Waals surface area contributed by atoms with E-state index in [1.54, 1.807) is 67.6 Å². The van der Waals surface area contributed by atoms with Crippen LogP contribution in [0.25, 0.3) is 6.08 Å². The van der Waals surface area contributed by atoms with Crippen LogP contribution in [0.5, 0.6) is 11.5 Å². The Labute approximate surface area is 198 Å². The van der Waals surface area contributed by atoms with Gasteiger partial charge in [-0.2, -0.15) is 0 Å². The normalized spacial score (nSPS) is 11.1. The van der Waals surface area contributed by atoms with Gasteiger partial charge in [-0.3, -0.25) is 4.79 Å². The van der Waals surface area contributed by atoms with Gasteiger partial charge in [0.1, 0.15) is 18.1 Å². The second-order valence-electron chi connectivity index (χ2n) is 6.83. The van der Waals surface area contributed by atoms with Crippen LogP contribution < -0.4 is 14.8 Å². The first kappa shape index (κ1) is 24.0. The van der Waals surface area contributed by atoms with Gasteiger partial charge in [-0.05, 0) is 64.8 Å². The van der Waals surface area contributed by atoms with E-state index in [4.69, 9.17) is 9.47 Å². The minimum atomic E-state index is -1.30. The summed E-state index contributed by atoms with van der Waals surface area (Å²) in [4.78, 5) is 24.1. The highest BCUT2D eigenvalue weighted by Gasteiger charge is 2.16. The minimum Gasteiger partial charge on any atom is -0.490 e. The maximum atomic E-state index is 13.9. The van der Waals surface area contributed by atoms with Crippen molar-refractivity contribution in [1.29, 1.82) is 0 Å². The van der Waals surface area contributed by atoms with Crippen molar-refractivity contribution in [2.45, 2.75) is 13.5 Å². The molecular weight excluding hydrogens is 493 g/mol. The highest BCUT2D eigenvalue weighted by molar-refractivity contribution is 9.10. The topological polar surface area (TPSA) is 84.9 Å². The van der Waals surface area contributed by atoms with E-state index in [-0.39, 0.29) is 18.1 Å². The van der Waals surface area contributed by atoms with Crippen molar-refractivity contribution in [3.63, 3.8) is 0 Å². The lowest BCUT2D eigenvalue weighted by atomic mass is 10.1.